The first kappa shape index (κ1) is 21.0. The lowest BCUT2D eigenvalue weighted by atomic mass is 9.88. The molecule has 0 saturated heterocycles. The monoisotopic (exact) mass is 400 g/mol. The molecule has 0 fully saturated rings. The summed E-state index contributed by atoms with van der Waals surface area (Å²) in [7, 11) is 0.568. The van der Waals surface area contributed by atoms with Crippen molar-refractivity contribution in [3.8, 4) is 5.75 Å². The van der Waals surface area contributed by atoms with Crippen LogP contribution in [0.4, 0.5) is 0 Å². The summed E-state index contributed by atoms with van der Waals surface area (Å²) in [6, 6.07) is 14.4. The second-order valence-electron chi connectivity index (χ2n) is 7.62. The van der Waals surface area contributed by atoms with E-state index in [1.54, 1.807) is 7.11 Å². The van der Waals surface area contributed by atoms with Crippen LogP contribution < -0.4 is 15.8 Å². The third-order valence-corrected chi connectivity index (χ3v) is 7.52. The first-order chi connectivity index (χ1) is 13.6. The lowest BCUT2D eigenvalue weighted by Gasteiger charge is -2.36. The molecule has 1 aliphatic heterocycles. The van der Waals surface area contributed by atoms with Gasteiger partial charge in [-0.25, -0.2) is 0 Å². The first-order valence-electron chi connectivity index (χ1n) is 10.2. The molecule has 3 N–H and O–H groups in total. The van der Waals surface area contributed by atoms with E-state index in [0.717, 1.165) is 47.5 Å². The van der Waals surface area contributed by atoms with Crippen LogP contribution in [0.25, 0.3) is 0 Å². The Kier molecular flexibility index (Phi) is 6.91. The van der Waals surface area contributed by atoms with Gasteiger partial charge in [0.1, 0.15) is 5.75 Å². The van der Waals surface area contributed by atoms with Crippen molar-refractivity contribution < 1.29 is 8.95 Å². The van der Waals surface area contributed by atoms with Crippen molar-refractivity contribution in [2.75, 3.05) is 12.9 Å². The van der Waals surface area contributed by atoms with Crippen LogP contribution in [0.3, 0.4) is 0 Å². The lowest BCUT2D eigenvalue weighted by Crippen LogP contribution is -2.49. The zero-order chi connectivity index (χ0) is 20.1. The molecule has 2 aromatic rings. The van der Waals surface area contributed by atoms with E-state index in [-0.39, 0.29) is 11.6 Å². The Morgan fingerprint density at radius 2 is 2.00 bits per heavy atom. The molecule has 0 radical (unpaired) electrons. The predicted octanol–water partition coefficient (Wildman–Crippen LogP) is 4.29. The Labute approximate surface area is 171 Å². The van der Waals surface area contributed by atoms with Crippen LogP contribution in [0.2, 0.25) is 0 Å². The van der Waals surface area contributed by atoms with Gasteiger partial charge >= 0.3 is 0 Å². The normalized spacial score (nSPS) is 24.4. The van der Waals surface area contributed by atoms with Crippen molar-refractivity contribution in [1.82, 2.24) is 5.32 Å². The van der Waals surface area contributed by atoms with E-state index in [1.165, 1.54) is 5.56 Å². The molecule has 0 amide bonds. The molecule has 1 unspecified atom stereocenters. The summed E-state index contributed by atoms with van der Waals surface area (Å²) < 4.78 is 19.1. The maximum Gasteiger partial charge on any atom is 0.123 e. The molecule has 1 aliphatic rings. The summed E-state index contributed by atoms with van der Waals surface area (Å²) >= 11 is 0. The van der Waals surface area contributed by atoms with Gasteiger partial charge in [-0.2, -0.15) is 0 Å². The highest BCUT2D eigenvalue weighted by molar-refractivity contribution is 7.85. The first-order valence-corrected chi connectivity index (χ1v) is 11.5. The van der Waals surface area contributed by atoms with Crippen molar-refractivity contribution in [2.24, 2.45) is 5.73 Å². The number of fused-ring (bicyclic) bond motifs is 1. The maximum atomic E-state index is 13.5. The molecule has 28 heavy (non-hydrogen) atoms. The molecule has 5 heteroatoms. The van der Waals surface area contributed by atoms with E-state index in [1.807, 2.05) is 18.2 Å². The molecule has 3 atom stereocenters. The zero-order valence-corrected chi connectivity index (χ0v) is 18.0. The predicted molar refractivity (Wildman–Crippen MR) is 116 cm³/mol. The molecule has 152 valence electrons. The molecule has 0 aliphatic carbocycles. The fourth-order valence-corrected chi connectivity index (χ4v) is 5.90. The number of hydrogen-bond acceptors (Lipinski definition) is 4. The van der Waals surface area contributed by atoms with Crippen molar-refractivity contribution in [3.63, 3.8) is 0 Å². The average molecular weight is 401 g/mol. The van der Waals surface area contributed by atoms with Crippen LogP contribution in [0.1, 0.15) is 62.3 Å². The van der Waals surface area contributed by atoms with Gasteiger partial charge in [0.2, 0.25) is 0 Å². The molecule has 0 spiro atoms. The molecule has 0 saturated carbocycles. The van der Waals surface area contributed by atoms with Crippen molar-refractivity contribution in [1.29, 1.82) is 0 Å². The van der Waals surface area contributed by atoms with Gasteiger partial charge in [-0.3, -0.25) is 9.53 Å². The highest BCUT2D eigenvalue weighted by atomic mass is 32.2. The topological polar surface area (TPSA) is 64.4 Å². The minimum Gasteiger partial charge on any atom is -0.496 e. The van der Waals surface area contributed by atoms with Crippen LogP contribution in [-0.4, -0.2) is 22.6 Å². The standard InChI is InChI=1S/C23H32N2O2S/c1-4-6-12-23(5-2)16-28(26)21-13-18(15-24)20(27-3)14-19(21)22(25-23)17-10-8-7-9-11-17/h7-11,13-14,22,25H,4-6,12,15-16,24H2,1-3H3/t22-,23-,28?/m1/s1. The molecular weight excluding hydrogens is 368 g/mol. The van der Waals surface area contributed by atoms with Gasteiger partial charge in [-0.1, -0.05) is 57.0 Å². The lowest BCUT2D eigenvalue weighted by molar-refractivity contribution is 0.296. The molecule has 4 nitrogen and oxygen atoms in total. The Morgan fingerprint density at radius 3 is 2.61 bits per heavy atom. The minimum absolute atomic E-state index is 0.0276. The molecule has 0 aromatic heterocycles. The number of ether oxygens (including phenoxy) is 1. The van der Waals surface area contributed by atoms with Gasteiger partial charge in [0.25, 0.3) is 0 Å². The van der Waals surface area contributed by atoms with Gasteiger partial charge in [-0.05, 0) is 36.1 Å². The van der Waals surface area contributed by atoms with E-state index in [2.05, 4.69) is 43.4 Å². The third kappa shape index (κ3) is 4.17. The Bertz CT molecular complexity index is 825. The van der Waals surface area contributed by atoms with Crippen LogP contribution in [0.15, 0.2) is 47.4 Å². The highest BCUT2D eigenvalue weighted by Gasteiger charge is 2.38. The van der Waals surface area contributed by atoms with E-state index in [9.17, 15) is 4.21 Å². The molecular formula is C23H32N2O2S. The number of nitrogens with one attached hydrogen (secondary N) is 1. The van der Waals surface area contributed by atoms with E-state index < -0.39 is 10.8 Å². The zero-order valence-electron chi connectivity index (χ0n) is 17.2. The van der Waals surface area contributed by atoms with Crippen molar-refractivity contribution in [2.45, 2.75) is 62.6 Å². The maximum absolute atomic E-state index is 13.5. The van der Waals surface area contributed by atoms with E-state index >= 15 is 0 Å². The number of unbranched alkanes of at least 4 members (excludes halogenated alkanes) is 1. The van der Waals surface area contributed by atoms with Gasteiger partial charge in [-0.15, -0.1) is 0 Å². The minimum atomic E-state index is -1.10. The number of methoxy groups -OCH3 is 1. The second kappa shape index (κ2) is 9.21. The Morgan fingerprint density at radius 1 is 1.25 bits per heavy atom. The summed E-state index contributed by atoms with van der Waals surface area (Å²) in [6.45, 7) is 4.77. The molecule has 3 rings (SSSR count). The number of rotatable bonds is 7. The van der Waals surface area contributed by atoms with E-state index in [4.69, 9.17) is 10.5 Å². The Balaban J connectivity index is 2.18. The number of nitrogens with two attached hydrogens (primary N) is 1. The van der Waals surface area contributed by atoms with Gasteiger partial charge in [0.05, 0.1) is 24.0 Å². The summed E-state index contributed by atoms with van der Waals surface area (Å²) in [6.07, 6.45) is 4.21. The van der Waals surface area contributed by atoms with Gasteiger partial charge < -0.3 is 10.5 Å². The fourth-order valence-electron chi connectivity index (χ4n) is 4.09. The third-order valence-electron chi connectivity index (χ3n) is 5.87. The smallest absolute Gasteiger partial charge is 0.123 e. The van der Waals surface area contributed by atoms with Crippen LogP contribution in [0.5, 0.6) is 5.75 Å². The quantitative estimate of drug-likeness (QED) is 0.728. The second-order valence-corrected chi connectivity index (χ2v) is 9.04. The summed E-state index contributed by atoms with van der Waals surface area (Å²) in [5.41, 5.74) is 8.90. The number of benzene rings is 2. The van der Waals surface area contributed by atoms with Crippen molar-refractivity contribution in [3.05, 3.63) is 59.2 Å². The van der Waals surface area contributed by atoms with Crippen molar-refractivity contribution >= 4 is 10.8 Å². The average Bonchev–Trinajstić information content (AvgIpc) is 2.86. The van der Waals surface area contributed by atoms with Crippen LogP contribution in [0, 0.1) is 0 Å². The summed E-state index contributed by atoms with van der Waals surface area (Å²) in [5, 5.41) is 3.93. The number of hydrogen-bond donors (Lipinski definition) is 2. The summed E-state index contributed by atoms with van der Waals surface area (Å²) in [4.78, 5) is 0.884. The fraction of sp³-hybridized carbons (Fsp3) is 0.478. The largest absolute Gasteiger partial charge is 0.496 e. The van der Waals surface area contributed by atoms with Crippen LogP contribution in [-0.2, 0) is 17.3 Å². The van der Waals surface area contributed by atoms with Gasteiger partial charge in [0, 0.05) is 28.3 Å². The highest BCUT2D eigenvalue weighted by Crippen LogP contribution is 2.39. The SMILES string of the molecule is CCCC[C@]1(CC)CS(=O)c2cc(CN)c(OC)cc2[C@@H](c2ccccc2)N1. The van der Waals surface area contributed by atoms with Crippen LogP contribution >= 0.6 is 0 Å². The molecule has 2 aromatic carbocycles. The molecule has 0 bridgehead atoms. The Hall–Kier alpha value is -1.69. The van der Waals surface area contributed by atoms with Gasteiger partial charge in [0.15, 0.2) is 0 Å². The summed E-state index contributed by atoms with van der Waals surface area (Å²) in [5.74, 6) is 1.38. The van der Waals surface area contributed by atoms with E-state index in [0.29, 0.717) is 12.3 Å². The molecule has 1 heterocycles.